The van der Waals surface area contributed by atoms with Gasteiger partial charge in [-0.3, -0.25) is 5.10 Å². The molecule has 1 fully saturated rings. The Balaban J connectivity index is 0.00000272. The molecule has 0 bridgehead atoms. The number of aromatic nitrogens is 4. The summed E-state index contributed by atoms with van der Waals surface area (Å²) in [5.41, 5.74) is 2.20. The number of rotatable bonds is 5. The highest BCUT2D eigenvalue weighted by atomic mass is 127. The molecule has 0 amide bonds. The lowest BCUT2D eigenvalue weighted by Crippen LogP contribution is -2.45. The molecule has 1 aliphatic heterocycles. The zero-order chi connectivity index (χ0) is 20.9. The molecule has 166 valence electrons. The number of fused-ring (bicyclic) bond motifs is 1. The number of piperidine rings is 1. The van der Waals surface area contributed by atoms with Gasteiger partial charge in [0.05, 0.1) is 12.1 Å². The number of hydrogen-bond donors (Lipinski definition) is 2. The number of benzene rings is 1. The molecule has 8 nitrogen and oxygen atoms in total. The van der Waals surface area contributed by atoms with Crippen LogP contribution in [0.15, 0.2) is 41.7 Å². The van der Waals surface area contributed by atoms with Gasteiger partial charge in [-0.25, -0.2) is 15.0 Å². The third-order valence-electron chi connectivity index (χ3n) is 5.60. The van der Waals surface area contributed by atoms with E-state index in [2.05, 4.69) is 56.6 Å². The Kier molecular flexibility index (Phi) is 8.05. The van der Waals surface area contributed by atoms with Crippen LogP contribution in [0.5, 0.6) is 0 Å². The molecule has 31 heavy (non-hydrogen) atoms. The lowest BCUT2D eigenvalue weighted by atomic mass is 9.96. The fourth-order valence-electron chi connectivity index (χ4n) is 3.95. The SMILES string of the molecule is CCNC(=NCc1cc(N(C)C)nc2ccccc12)N1CCC(c2ncn[nH]2)CC1.I. The van der Waals surface area contributed by atoms with Gasteiger partial charge in [0.15, 0.2) is 5.96 Å². The van der Waals surface area contributed by atoms with Crippen molar-refractivity contribution < 1.29 is 0 Å². The minimum Gasteiger partial charge on any atom is -0.363 e. The molecular weight excluding hydrogens is 503 g/mol. The van der Waals surface area contributed by atoms with Gasteiger partial charge in [0, 0.05) is 45.0 Å². The summed E-state index contributed by atoms with van der Waals surface area (Å²) < 4.78 is 0. The average molecular weight is 534 g/mol. The molecule has 0 radical (unpaired) electrons. The van der Waals surface area contributed by atoms with Crippen LogP contribution in [-0.2, 0) is 6.54 Å². The summed E-state index contributed by atoms with van der Waals surface area (Å²) in [6.45, 7) is 5.49. The lowest BCUT2D eigenvalue weighted by molar-refractivity contribution is 0.299. The molecule has 4 rings (SSSR count). The predicted molar refractivity (Wildman–Crippen MR) is 136 cm³/mol. The van der Waals surface area contributed by atoms with Crippen LogP contribution < -0.4 is 10.2 Å². The molecule has 1 aromatic carbocycles. The van der Waals surface area contributed by atoms with E-state index in [9.17, 15) is 0 Å². The summed E-state index contributed by atoms with van der Waals surface area (Å²) in [6, 6.07) is 10.4. The highest BCUT2D eigenvalue weighted by Crippen LogP contribution is 2.26. The van der Waals surface area contributed by atoms with Gasteiger partial charge in [-0.05, 0) is 37.5 Å². The second-order valence-electron chi connectivity index (χ2n) is 7.85. The first-order valence-electron chi connectivity index (χ1n) is 10.6. The van der Waals surface area contributed by atoms with Crippen molar-refractivity contribution in [1.82, 2.24) is 30.4 Å². The molecule has 0 atom stereocenters. The van der Waals surface area contributed by atoms with E-state index in [1.807, 2.05) is 25.1 Å². The highest BCUT2D eigenvalue weighted by molar-refractivity contribution is 14.0. The molecule has 0 aliphatic carbocycles. The van der Waals surface area contributed by atoms with Crippen LogP contribution in [0.1, 0.15) is 37.1 Å². The summed E-state index contributed by atoms with van der Waals surface area (Å²) in [5.74, 6) is 3.37. The number of likely N-dealkylation sites (tertiary alicyclic amines) is 1. The van der Waals surface area contributed by atoms with Crippen molar-refractivity contribution in [3.05, 3.63) is 48.0 Å². The molecule has 2 aromatic heterocycles. The standard InChI is InChI=1S/C22H30N8.HI/c1-4-23-22(30-11-9-16(10-12-30)21-25-15-26-28-21)24-14-17-13-20(29(2)3)27-19-8-6-5-7-18(17)19;/h5-8,13,15-16H,4,9-12,14H2,1-3H3,(H,23,24)(H,25,26,28);1H. The molecule has 2 N–H and O–H groups in total. The molecule has 9 heteroatoms. The van der Waals surface area contributed by atoms with Crippen LogP contribution in [0.2, 0.25) is 0 Å². The number of aromatic amines is 1. The fraction of sp³-hybridized carbons (Fsp3) is 0.455. The van der Waals surface area contributed by atoms with Gasteiger partial charge in [0.1, 0.15) is 18.0 Å². The number of hydrogen-bond acceptors (Lipinski definition) is 5. The molecule has 3 heterocycles. The number of H-pyrrole nitrogens is 1. The van der Waals surface area contributed by atoms with Crippen molar-refractivity contribution in [2.75, 3.05) is 38.6 Å². The third kappa shape index (κ3) is 5.44. The second-order valence-corrected chi connectivity index (χ2v) is 7.85. The van der Waals surface area contributed by atoms with Crippen LogP contribution in [0, 0.1) is 0 Å². The van der Waals surface area contributed by atoms with Crippen LogP contribution in [0.4, 0.5) is 5.82 Å². The molecule has 3 aromatic rings. The first-order chi connectivity index (χ1) is 14.7. The van der Waals surface area contributed by atoms with E-state index in [1.54, 1.807) is 6.33 Å². The minimum absolute atomic E-state index is 0. The molecule has 0 saturated carbocycles. The van der Waals surface area contributed by atoms with Crippen molar-refractivity contribution >= 4 is 46.7 Å². The summed E-state index contributed by atoms with van der Waals surface area (Å²) in [5, 5.41) is 11.6. The van der Waals surface area contributed by atoms with E-state index in [-0.39, 0.29) is 24.0 Å². The van der Waals surface area contributed by atoms with Gasteiger partial charge >= 0.3 is 0 Å². The maximum Gasteiger partial charge on any atom is 0.194 e. The highest BCUT2D eigenvalue weighted by Gasteiger charge is 2.24. The predicted octanol–water partition coefficient (Wildman–Crippen LogP) is 3.38. The number of aliphatic imine (C=N–C) groups is 1. The quantitative estimate of drug-likeness (QED) is 0.297. The third-order valence-corrected chi connectivity index (χ3v) is 5.60. The van der Waals surface area contributed by atoms with E-state index < -0.39 is 0 Å². The molecule has 0 unspecified atom stereocenters. The Morgan fingerprint density at radius 1 is 1.26 bits per heavy atom. The monoisotopic (exact) mass is 534 g/mol. The minimum atomic E-state index is 0. The molecular formula is C22H31IN8. The normalized spacial score (nSPS) is 15.1. The van der Waals surface area contributed by atoms with Crippen molar-refractivity contribution in [1.29, 1.82) is 0 Å². The summed E-state index contributed by atoms with van der Waals surface area (Å²) in [4.78, 5) is 18.5. The first kappa shape index (κ1) is 23.2. The van der Waals surface area contributed by atoms with E-state index in [0.717, 1.165) is 61.0 Å². The molecule has 1 aliphatic rings. The van der Waals surface area contributed by atoms with Gasteiger partial charge in [-0.1, -0.05) is 18.2 Å². The van der Waals surface area contributed by atoms with Crippen LogP contribution in [0.3, 0.4) is 0 Å². The second kappa shape index (κ2) is 10.7. The van der Waals surface area contributed by atoms with Crippen molar-refractivity contribution in [3.63, 3.8) is 0 Å². The lowest BCUT2D eigenvalue weighted by Gasteiger charge is -2.33. The van der Waals surface area contributed by atoms with Gasteiger partial charge in [-0.15, -0.1) is 24.0 Å². The van der Waals surface area contributed by atoms with Gasteiger partial charge < -0.3 is 15.1 Å². The maximum atomic E-state index is 5.00. The number of anilines is 1. The Morgan fingerprint density at radius 2 is 2.03 bits per heavy atom. The fourth-order valence-corrected chi connectivity index (χ4v) is 3.95. The summed E-state index contributed by atoms with van der Waals surface area (Å²) in [6.07, 6.45) is 3.68. The largest absolute Gasteiger partial charge is 0.363 e. The number of guanidine groups is 1. The van der Waals surface area contributed by atoms with E-state index in [4.69, 9.17) is 9.98 Å². The number of halogens is 1. The molecule has 0 spiro atoms. The first-order valence-corrected chi connectivity index (χ1v) is 10.6. The van der Waals surface area contributed by atoms with Crippen molar-refractivity contribution in [3.8, 4) is 0 Å². The zero-order valence-electron chi connectivity index (χ0n) is 18.4. The topological polar surface area (TPSA) is 85.3 Å². The molecule has 1 saturated heterocycles. The van der Waals surface area contributed by atoms with Crippen LogP contribution >= 0.6 is 24.0 Å². The number of pyridine rings is 1. The van der Waals surface area contributed by atoms with Crippen LogP contribution in [-0.4, -0.2) is 64.8 Å². The van der Waals surface area contributed by atoms with Gasteiger partial charge in [0.25, 0.3) is 0 Å². The van der Waals surface area contributed by atoms with E-state index >= 15 is 0 Å². The Labute approximate surface area is 200 Å². The average Bonchev–Trinajstić information content (AvgIpc) is 3.31. The Hall–Kier alpha value is -2.43. The van der Waals surface area contributed by atoms with Gasteiger partial charge in [-0.2, -0.15) is 5.10 Å². The number of para-hydroxylation sites is 1. The van der Waals surface area contributed by atoms with Crippen LogP contribution in [0.25, 0.3) is 10.9 Å². The smallest absolute Gasteiger partial charge is 0.194 e. The number of nitrogens with one attached hydrogen (secondary N) is 2. The maximum absolute atomic E-state index is 5.00. The van der Waals surface area contributed by atoms with Crippen molar-refractivity contribution in [2.45, 2.75) is 32.2 Å². The zero-order valence-corrected chi connectivity index (χ0v) is 20.7. The number of nitrogens with zero attached hydrogens (tertiary/aromatic N) is 6. The summed E-state index contributed by atoms with van der Waals surface area (Å²) in [7, 11) is 4.04. The Morgan fingerprint density at radius 3 is 2.71 bits per heavy atom. The van der Waals surface area contributed by atoms with Gasteiger partial charge in [0.2, 0.25) is 0 Å². The summed E-state index contributed by atoms with van der Waals surface area (Å²) >= 11 is 0. The Bertz CT molecular complexity index is 994. The van der Waals surface area contributed by atoms with E-state index in [1.165, 1.54) is 5.56 Å². The van der Waals surface area contributed by atoms with E-state index in [0.29, 0.717) is 12.5 Å². The van der Waals surface area contributed by atoms with Crippen molar-refractivity contribution in [2.24, 2.45) is 4.99 Å².